The van der Waals surface area contributed by atoms with E-state index in [-0.39, 0.29) is 11.0 Å². The second-order valence-corrected chi connectivity index (χ2v) is 6.81. The Hall–Kier alpha value is -0.490. The first-order valence-electron chi connectivity index (χ1n) is 5.50. The van der Waals surface area contributed by atoms with Crippen LogP contribution in [0.4, 0.5) is 5.95 Å². The van der Waals surface area contributed by atoms with Gasteiger partial charge in [0.25, 0.3) is 0 Å². The summed E-state index contributed by atoms with van der Waals surface area (Å²) in [4.78, 5) is 12.2. The van der Waals surface area contributed by atoms with Crippen molar-refractivity contribution in [2.45, 2.75) is 56.9 Å². The minimum atomic E-state index is -0.0972. The molecule has 0 aliphatic carbocycles. The van der Waals surface area contributed by atoms with Gasteiger partial charge in [-0.25, -0.2) is 0 Å². The van der Waals surface area contributed by atoms with Crippen LogP contribution in [-0.4, -0.2) is 20.5 Å². The van der Waals surface area contributed by atoms with Crippen molar-refractivity contribution in [3.05, 3.63) is 0 Å². The number of hydrogen-bond donors (Lipinski definition) is 3. The van der Waals surface area contributed by atoms with Gasteiger partial charge >= 0.3 is 0 Å². The van der Waals surface area contributed by atoms with Gasteiger partial charge in [0.15, 0.2) is 10.3 Å². The standard InChI is InChI=1S/C11H20N4S2/c1-10(2,3)6-11(4,5)15-7-12-8(16)14-9(17)13-7/h6H2,1-5H3,(H3,12,13,14,15,16,17). The largest absolute Gasteiger partial charge is 0.349 e. The van der Waals surface area contributed by atoms with Gasteiger partial charge in [-0.3, -0.25) is 0 Å². The number of aromatic nitrogens is 3. The number of hydrogen-bond acceptors (Lipinski definition) is 6. The first-order chi connectivity index (χ1) is 7.57. The number of nitrogens with one attached hydrogen (secondary N) is 1. The van der Waals surface area contributed by atoms with Crippen LogP contribution in [0.15, 0.2) is 10.3 Å². The first kappa shape index (κ1) is 14.6. The van der Waals surface area contributed by atoms with Crippen molar-refractivity contribution in [1.29, 1.82) is 0 Å². The van der Waals surface area contributed by atoms with Crippen molar-refractivity contribution in [3.8, 4) is 0 Å². The molecule has 0 aromatic carbocycles. The zero-order valence-electron chi connectivity index (χ0n) is 10.9. The molecule has 0 aliphatic heterocycles. The topological polar surface area (TPSA) is 50.7 Å². The second-order valence-electron chi connectivity index (χ2n) is 6.01. The molecular weight excluding hydrogens is 252 g/mol. The zero-order valence-corrected chi connectivity index (χ0v) is 12.7. The Kier molecular flexibility index (Phi) is 4.30. The Labute approximate surface area is 114 Å². The second kappa shape index (κ2) is 5.02. The van der Waals surface area contributed by atoms with Crippen LogP contribution in [0.1, 0.15) is 41.0 Å². The van der Waals surface area contributed by atoms with Gasteiger partial charge in [-0.15, -0.1) is 25.3 Å². The van der Waals surface area contributed by atoms with Gasteiger partial charge in [0.2, 0.25) is 5.95 Å². The van der Waals surface area contributed by atoms with Crippen LogP contribution in [0.5, 0.6) is 0 Å². The van der Waals surface area contributed by atoms with Crippen molar-refractivity contribution in [2.75, 3.05) is 5.32 Å². The molecule has 0 saturated heterocycles. The molecule has 0 radical (unpaired) electrons. The molecule has 1 aromatic rings. The van der Waals surface area contributed by atoms with Crippen LogP contribution >= 0.6 is 25.3 Å². The Balaban J connectivity index is 2.82. The van der Waals surface area contributed by atoms with Crippen molar-refractivity contribution in [3.63, 3.8) is 0 Å². The van der Waals surface area contributed by atoms with Gasteiger partial charge in [0, 0.05) is 5.54 Å². The van der Waals surface area contributed by atoms with Gasteiger partial charge in [-0.05, 0) is 25.7 Å². The first-order valence-corrected chi connectivity index (χ1v) is 6.39. The highest BCUT2D eigenvalue weighted by molar-refractivity contribution is 7.80. The third-order valence-corrected chi connectivity index (χ3v) is 2.43. The summed E-state index contributed by atoms with van der Waals surface area (Å²) in [6.07, 6.45) is 0.996. The van der Waals surface area contributed by atoms with Crippen LogP contribution in [0.25, 0.3) is 0 Å². The van der Waals surface area contributed by atoms with Gasteiger partial charge in [0.05, 0.1) is 0 Å². The molecule has 4 nitrogen and oxygen atoms in total. The Bertz CT molecular complexity index is 379. The predicted molar refractivity (Wildman–Crippen MR) is 76.1 cm³/mol. The molecule has 1 rings (SSSR count). The molecule has 1 heterocycles. The fourth-order valence-electron chi connectivity index (χ4n) is 2.08. The number of rotatable bonds is 3. The molecule has 0 amide bonds. The van der Waals surface area contributed by atoms with E-state index in [9.17, 15) is 0 Å². The van der Waals surface area contributed by atoms with E-state index in [4.69, 9.17) is 0 Å². The van der Waals surface area contributed by atoms with E-state index in [1.54, 1.807) is 0 Å². The van der Waals surface area contributed by atoms with E-state index in [2.05, 4.69) is 80.1 Å². The molecule has 1 N–H and O–H groups in total. The third kappa shape index (κ3) is 5.59. The third-order valence-electron chi connectivity index (χ3n) is 2.03. The summed E-state index contributed by atoms with van der Waals surface area (Å²) < 4.78 is 0. The average molecular weight is 272 g/mol. The molecule has 0 atom stereocenters. The van der Waals surface area contributed by atoms with Crippen LogP contribution in [0.2, 0.25) is 0 Å². The Morgan fingerprint density at radius 3 is 1.82 bits per heavy atom. The molecule has 17 heavy (non-hydrogen) atoms. The van der Waals surface area contributed by atoms with Gasteiger partial charge in [-0.1, -0.05) is 20.8 Å². The van der Waals surface area contributed by atoms with E-state index in [0.29, 0.717) is 16.3 Å². The molecule has 0 aliphatic rings. The molecular formula is C11H20N4S2. The predicted octanol–water partition coefficient (Wildman–Crippen LogP) is 3.08. The van der Waals surface area contributed by atoms with Gasteiger partial charge < -0.3 is 5.32 Å². The summed E-state index contributed by atoms with van der Waals surface area (Å²) >= 11 is 8.22. The van der Waals surface area contributed by atoms with Crippen molar-refractivity contribution >= 4 is 31.2 Å². The van der Waals surface area contributed by atoms with E-state index >= 15 is 0 Å². The lowest BCUT2D eigenvalue weighted by Crippen LogP contribution is -2.36. The lowest BCUT2D eigenvalue weighted by atomic mass is 9.82. The Morgan fingerprint density at radius 1 is 0.941 bits per heavy atom. The SMILES string of the molecule is CC(C)(C)CC(C)(C)Nc1nc(S)nc(S)n1. The lowest BCUT2D eigenvalue weighted by molar-refractivity contribution is 0.301. The summed E-state index contributed by atoms with van der Waals surface area (Å²) in [6, 6.07) is 0. The molecule has 0 spiro atoms. The summed E-state index contributed by atoms with van der Waals surface area (Å²) in [7, 11) is 0. The maximum Gasteiger partial charge on any atom is 0.228 e. The molecule has 6 heteroatoms. The van der Waals surface area contributed by atoms with E-state index in [0.717, 1.165) is 6.42 Å². The van der Waals surface area contributed by atoms with E-state index < -0.39 is 0 Å². The summed E-state index contributed by atoms with van der Waals surface area (Å²) in [5.74, 6) is 0.518. The quantitative estimate of drug-likeness (QED) is 0.740. The van der Waals surface area contributed by atoms with Crippen LogP contribution in [0, 0.1) is 5.41 Å². The maximum atomic E-state index is 4.13. The van der Waals surface area contributed by atoms with Gasteiger partial charge in [0.1, 0.15) is 0 Å². The average Bonchev–Trinajstić information content (AvgIpc) is 1.93. The van der Waals surface area contributed by atoms with Crippen LogP contribution in [0.3, 0.4) is 0 Å². The van der Waals surface area contributed by atoms with Crippen LogP contribution < -0.4 is 5.32 Å². The summed E-state index contributed by atoms with van der Waals surface area (Å²) in [5, 5.41) is 4.04. The van der Waals surface area contributed by atoms with Gasteiger partial charge in [-0.2, -0.15) is 15.0 Å². The minimum Gasteiger partial charge on any atom is -0.349 e. The monoisotopic (exact) mass is 272 g/mol. The molecule has 96 valence electrons. The van der Waals surface area contributed by atoms with Crippen molar-refractivity contribution in [1.82, 2.24) is 15.0 Å². The molecule has 0 unspecified atom stereocenters. The van der Waals surface area contributed by atoms with E-state index in [1.807, 2.05) is 0 Å². The lowest BCUT2D eigenvalue weighted by Gasteiger charge is -2.33. The summed E-state index contributed by atoms with van der Waals surface area (Å²) in [5.41, 5.74) is 0.136. The highest BCUT2D eigenvalue weighted by Crippen LogP contribution is 2.28. The molecule has 0 bridgehead atoms. The fourth-order valence-corrected chi connectivity index (χ4v) is 2.54. The highest BCUT2D eigenvalue weighted by Gasteiger charge is 2.26. The fraction of sp³-hybridized carbons (Fsp3) is 0.727. The van der Waals surface area contributed by atoms with Crippen LogP contribution in [-0.2, 0) is 0 Å². The normalized spacial score (nSPS) is 12.6. The summed E-state index contributed by atoms with van der Waals surface area (Å²) in [6.45, 7) is 10.9. The molecule has 1 aromatic heterocycles. The number of nitrogens with zero attached hydrogens (tertiary/aromatic N) is 3. The molecule has 0 fully saturated rings. The Morgan fingerprint density at radius 2 is 1.41 bits per heavy atom. The minimum absolute atomic E-state index is 0.0972. The van der Waals surface area contributed by atoms with E-state index in [1.165, 1.54) is 0 Å². The highest BCUT2D eigenvalue weighted by atomic mass is 32.1. The maximum absolute atomic E-state index is 4.13. The number of thiol groups is 2. The zero-order chi connectivity index (χ0) is 13.3. The smallest absolute Gasteiger partial charge is 0.228 e. The van der Waals surface area contributed by atoms with Crippen molar-refractivity contribution in [2.24, 2.45) is 5.41 Å². The number of anilines is 1. The van der Waals surface area contributed by atoms with Crippen molar-refractivity contribution < 1.29 is 0 Å². The molecule has 0 saturated carbocycles.